The maximum absolute atomic E-state index is 11.5. The molecule has 26 heavy (non-hydrogen) atoms. The van der Waals surface area contributed by atoms with E-state index in [1.807, 2.05) is 36.4 Å². The topological polar surface area (TPSA) is 88.2 Å². The summed E-state index contributed by atoms with van der Waals surface area (Å²) in [5.41, 5.74) is 2.76. The average Bonchev–Trinajstić information content (AvgIpc) is 3.15. The fourth-order valence-corrected chi connectivity index (χ4v) is 3.97. The van der Waals surface area contributed by atoms with Gasteiger partial charge in [0.2, 0.25) is 0 Å². The van der Waals surface area contributed by atoms with Crippen LogP contribution in [0.2, 0.25) is 0 Å². The molecular formula is C20H17N3O3. The average molecular weight is 347 g/mol. The van der Waals surface area contributed by atoms with E-state index in [-0.39, 0.29) is 29.2 Å². The van der Waals surface area contributed by atoms with E-state index in [0.29, 0.717) is 17.4 Å². The molecule has 130 valence electrons. The van der Waals surface area contributed by atoms with Crippen LogP contribution in [0.1, 0.15) is 29.5 Å². The number of allylic oxidation sites excluding steroid dienone is 2. The van der Waals surface area contributed by atoms with E-state index in [2.05, 4.69) is 17.5 Å². The van der Waals surface area contributed by atoms with Crippen LogP contribution in [0.15, 0.2) is 54.6 Å². The van der Waals surface area contributed by atoms with Crippen molar-refractivity contribution in [2.24, 2.45) is 5.92 Å². The molecule has 1 heterocycles. The number of rotatable bonds is 4. The summed E-state index contributed by atoms with van der Waals surface area (Å²) in [4.78, 5) is 11.1. The first-order chi connectivity index (χ1) is 12.7. The maximum Gasteiger partial charge on any atom is 0.292 e. The van der Waals surface area contributed by atoms with Crippen LogP contribution in [-0.4, -0.2) is 11.5 Å². The predicted molar refractivity (Wildman–Crippen MR) is 97.0 cm³/mol. The lowest BCUT2D eigenvalue weighted by Crippen LogP contribution is -2.29. The summed E-state index contributed by atoms with van der Waals surface area (Å²) in [5, 5.41) is 23.5. The Bertz CT molecular complexity index is 915. The first-order valence-electron chi connectivity index (χ1n) is 8.49. The number of hydrogen-bond donors (Lipinski definition) is 1. The molecule has 2 aliphatic rings. The Labute approximate surface area is 150 Å². The largest absolute Gasteiger partial charge is 0.479 e. The molecule has 0 spiro atoms. The van der Waals surface area contributed by atoms with Crippen molar-refractivity contribution in [1.29, 1.82) is 5.26 Å². The Morgan fingerprint density at radius 2 is 2.08 bits per heavy atom. The molecule has 0 radical (unpaired) electrons. The SMILES string of the molecule is N#CCOc1ccc([C@@H]2Nc3c(cccc3[N+](=O)[O-])[C@H]3C=CC[C@@H]32)cc1. The van der Waals surface area contributed by atoms with Crippen LogP contribution in [0.5, 0.6) is 5.75 Å². The minimum atomic E-state index is -0.333. The summed E-state index contributed by atoms with van der Waals surface area (Å²) >= 11 is 0. The quantitative estimate of drug-likeness (QED) is 0.505. The Kier molecular flexibility index (Phi) is 4.05. The molecule has 1 aliphatic heterocycles. The van der Waals surface area contributed by atoms with Crippen LogP contribution < -0.4 is 10.1 Å². The molecule has 4 rings (SSSR count). The Hall–Kier alpha value is -3.33. The van der Waals surface area contributed by atoms with Crippen molar-refractivity contribution in [3.63, 3.8) is 0 Å². The van der Waals surface area contributed by atoms with Gasteiger partial charge in [-0.1, -0.05) is 36.4 Å². The van der Waals surface area contributed by atoms with Gasteiger partial charge < -0.3 is 10.1 Å². The van der Waals surface area contributed by atoms with Crippen molar-refractivity contribution in [3.05, 3.63) is 75.9 Å². The van der Waals surface area contributed by atoms with Gasteiger partial charge in [0.15, 0.2) is 6.61 Å². The summed E-state index contributed by atoms with van der Waals surface area (Å²) in [6.45, 7) is 0.00914. The van der Waals surface area contributed by atoms with Crippen LogP contribution in [-0.2, 0) is 0 Å². The number of nitriles is 1. The minimum Gasteiger partial charge on any atom is -0.479 e. The third-order valence-electron chi connectivity index (χ3n) is 5.11. The van der Waals surface area contributed by atoms with E-state index in [0.717, 1.165) is 17.5 Å². The lowest BCUT2D eigenvalue weighted by atomic mass is 9.77. The number of nitro groups is 1. The number of benzene rings is 2. The van der Waals surface area contributed by atoms with E-state index in [4.69, 9.17) is 10.00 Å². The molecule has 1 N–H and O–H groups in total. The highest BCUT2D eigenvalue weighted by Gasteiger charge is 2.40. The van der Waals surface area contributed by atoms with Gasteiger partial charge in [-0.15, -0.1) is 0 Å². The predicted octanol–water partition coefficient (Wildman–Crippen LogP) is 4.32. The molecule has 0 aromatic heterocycles. The number of para-hydroxylation sites is 1. The van der Waals surface area contributed by atoms with Crippen molar-refractivity contribution < 1.29 is 9.66 Å². The number of hydrogen-bond acceptors (Lipinski definition) is 5. The molecule has 2 aromatic rings. The van der Waals surface area contributed by atoms with Crippen molar-refractivity contribution in [2.45, 2.75) is 18.4 Å². The van der Waals surface area contributed by atoms with E-state index in [9.17, 15) is 10.1 Å². The molecule has 0 saturated carbocycles. The molecular weight excluding hydrogens is 330 g/mol. The van der Waals surface area contributed by atoms with Crippen molar-refractivity contribution in [1.82, 2.24) is 0 Å². The summed E-state index contributed by atoms with van der Waals surface area (Å²) in [6.07, 6.45) is 5.24. The molecule has 1 aliphatic carbocycles. The third kappa shape index (κ3) is 2.68. The van der Waals surface area contributed by atoms with Crippen molar-refractivity contribution >= 4 is 11.4 Å². The number of anilines is 1. The minimum absolute atomic E-state index is 0.00914. The molecule has 0 unspecified atom stereocenters. The van der Waals surface area contributed by atoms with Gasteiger partial charge in [-0.2, -0.15) is 5.26 Å². The lowest BCUT2D eigenvalue weighted by Gasteiger charge is -2.37. The van der Waals surface area contributed by atoms with Crippen LogP contribution in [0.25, 0.3) is 0 Å². The van der Waals surface area contributed by atoms with Gasteiger partial charge >= 0.3 is 0 Å². The van der Waals surface area contributed by atoms with Gasteiger partial charge in [0.25, 0.3) is 5.69 Å². The summed E-state index contributed by atoms with van der Waals surface area (Å²) in [5.74, 6) is 1.12. The van der Waals surface area contributed by atoms with Crippen molar-refractivity contribution in [3.8, 4) is 11.8 Å². The van der Waals surface area contributed by atoms with Gasteiger partial charge in [0.05, 0.1) is 11.0 Å². The molecule has 0 fully saturated rings. The Morgan fingerprint density at radius 3 is 2.81 bits per heavy atom. The number of nitrogens with one attached hydrogen (secondary N) is 1. The normalized spacial score (nSPS) is 22.7. The molecule has 0 bridgehead atoms. The standard InChI is InChI=1S/C20H17N3O3/c21-11-12-26-14-9-7-13(8-10-14)19-16-4-1-3-15(16)17-5-2-6-18(23(24)25)20(17)22-19/h1-3,5-10,15-16,19,22H,4,12H2/t15-,16-,19-/m0/s1. The second-order valence-corrected chi connectivity index (χ2v) is 6.49. The highest BCUT2D eigenvalue weighted by atomic mass is 16.6. The highest BCUT2D eigenvalue weighted by Crippen LogP contribution is 2.52. The molecule has 6 nitrogen and oxygen atoms in total. The van der Waals surface area contributed by atoms with Gasteiger partial charge in [0.1, 0.15) is 17.5 Å². The van der Waals surface area contributed by atoms with Crippen molar-refractivity contribution in [2.75, 3.05) is 11.9 Å². The fourth-order valence-electron chi connectivity index (χ4n) is 3.97. The van der Waals surface area contributed by atoms with E-state index in [1.165, 1.54) is 0 Å². The molecule has 3 atom stereocenters. The van der Waals surface area contributed by atoms with Crippen LogP contribution >= 0.6 is 0 Å². The monoisotopic (exact) mass is 347 g/mol. The summed E-state index contributed by atoms with van der Waals surface area (Å²) in [7, 11) is 0. The second kappa shape index (κ2) is 6.52. The zero-order valence-electron chi connectivity index (χ0n) is 14.0. The Morgan fingerprint density at radius 1 is 1.27 bits per heavy atom. The van der Waals surface area contributed by atoms with Gasteiger partial charge in [-0.05, 0) is 35.6 Å². The van der Waals surface area contributed by atoms with Gasteiger partial charge in [-0.3, -0.25) is 10.1 Å². The second-order valence-electron chi connectivity index (χ2n) is 6.49. The molecule has 0 amide bonds. The van der Waals surface area contributed by atoms with E-state index < -0.39 is 0 Å². The number of nitrogens with zero attached hydrogens (tertiary/aromatic N) is 2. The van der Waals surface area contributed by atoms with Crippen LogP contribution in [0.3, 0.4) is 0 Å². The molecule has 0 saturated heterocycles. The van der Waals surface area contributed by atoms with Crippen LogP contribution in [0.4, 0.5) is 11.4 Å². The summed E-state index contributed by atoms with van der Waals surface area (Å²) in [6, 6.07) is 14.8. The van der Waals surface area contributed by atoms with E-state index >= 15 is 0 Å². The van der Waals surface area contributed by atoms with E-state index in [1.54, 1.807) is 12.1 Å². The van der Waals surface area contributed by atoms with Gasteiger partial charge in [0, 0.05) is 12.0 Å². The molecule has 6 heteroatoms. The number of ether oxygens (including phenoxy) is 1. The number of nitro benzene ring substituents is 1. The zero-order chi connectivity index (χ0) is 18.1. The smallest absolute Gasteiger partial charge is 0.292 e. The summed E-state index contributed by atoms with van der Waals surface area (Å²) < 4.78 is 5.31. The third-order valence-corrected chi connectivity index (χ3v) is 5.11. The lowest BCUT2D eigenvalue weighted by molar-refractivity contribution is -0.384. The van der Waals surface area contributed by atoms with Crippen LogP contribution in [0, 0.1) is 27.4 Å². The fraction of sp³-hybridized carbons (Fsp3) is 0.250. The maximum atomic E-state index is 11.5. The first kappa shape index (κ1) is 16.2. The molecule has 2 aromatic carbocycles. The first-order valence-corrected chi connectivity index (χ1v) is 8.49. The number of fused-ring (bicyclic) bond motifs is 3. The van der Waals surface area contributed by atoms with Gasteiger partial charge in [-0.25, -0.2) is 0 Å². The highest BCUT2D eigenvalue weighted by molar-refractivity contribution is 5.71. The zero-order valence-corrected chi connectivity index (χ0v) is 14.0. The Balaban J connectivity index is 1.70.